The molecule has 0 spiro atoms. The first-order chi connectivity index (χ1) is 12.5. The Morgan fingerprint density at radius 3 is 2.54 bits per heavy atom. The fourth-order valence-electron chi connectivity index (χ4n) is 2.54. The predicted octanol–water partition coefficient (Wildman–Crippen LogP) is 3.21. The van der Waals surface area contributed by atoms with Crippen LogP contribution in [0.2, 0.25) is 0 Å². The van der Waals surface area contributed by atoms with Gasteiger partial charge in [0.1, 0.15) is 11.5 Å². The fraction of sp³-hybridized carbons (Fsp3) is 0.211. The van der Waals surface area contributed by atoms with E-state index in [1.807, 2.05) is 0 Å². The summed E-state index contributed by atoms with van der Waals surface area (Å²) in [6.07, 6.45) is 3.31. The van der Waals surface area contributed by atoms with Crippen molar-refractivity contribution in [3.8, 4) is 17.4 Å². The standard InChI is InChI=1S/C19H19N3O4/c1-19(2,18(23)22-24)12-4-6-13(7-5-12)26-16-8-9-20-15-10-17(25-3)21-11-14(15)16/h4-11,24H,1-3H3,(H,22,23). The quantitative estimate of drug-likeness (QED) is 0.540. The molecule has 134 valence electrons. The Kier molecular flexibility index (Phi) is 4.73. The molecule has 0 atom stereocenters. The maximum atomic E-state index is 11.8. The molecular formula is C19H19N3O4. The molecule has 0 saturated heterocycles. The van der Waals surface area contributed by atoms with Crippen LogP contribution in [-0.2, 0) is 10.2 Å². The zero-order valence-corrected chi connectivity index (χ0v) is 14.7. The number of rotatable bonds is 5. The van der Waals surface area contributed by atoms with Crippen LogP contribution in [0.25, 0.3) is 10.9 Å². The molecular weight excluding hydrogens is 334 g/mol. The second-order valence-electron chi connectivity index (χ2n) is 6.25. The van der Waals surface area contributed by atoms with Crippen LogP contribution in [0.4, 0.5) is 0 Å². The average Bonchev–Trinajstić information content (AvgIpc) is 2.67. The Labute approximate surface area is 150 Å². The average molecular weight is 353 g/mol. The van der Waals surface area contributed by atoms with Crippen LogP contribution in [0, 0.1) is 0 Å². The number of aromatic nitrogens is 2. The molecule has 0 fully saturated rings. The molecule has 3 aromatic rings. The summed E-state index contributed by atoms with van der Waals surface area (Å²) in [7, 11) is 1.55. The van der Waals surface area contributed by atoms with Crippen molar-refractivity contribution in [3.63, 3.8) is 0 Å². The summed E-state index contributed by atoms with van der Waals surface area (Å²) in [5.74, 6) is 1.23. The Morgan fingerprint density at radius 1 is 1.15 bits per heavy atom. The number of amides is 1. The van der Waals surface area contributed by atoms with Crippen molar-refractivity contribution in [2.24, 2.45) is 0 Å². The number of benzene rings is 1. The molecule has 2 N–H and O–H groups in total. The third-order valence-corrected chi connectivity index (χ3v) is 4.24. The van der Waals surface area contributed by atoms with Crippen molar-refractivity contribution >= 4 is 16.8 Å². The minimum atomic E-state index is -0.864. The van der Waals surface area contributed by atoms with Crippen LogP contribution in [0.3, 0.4) is 0 Å². The highest BCUT2D eigenvalue weighted by atomic mass is 16.5. The van der Waals surface area contributed by atoms with E-state index in [1.54, 1.807) is 75.2 Å². The second kappa shape index (κ2) is 6.97. The normalized spacial score (nSPS) is 11.2. The molecule has 2 aromatic heterocycles. The van der Waals surface area contributed by atoms with Crippen LogP contribution in [-0.4, -0.2) is 28.2 Å². The monoisotopic (exact) mass is 353 g/mol. The highest BCUT2D eigenvalue weighted by molar-refractivity contribution is 5.86. The van der Waals surface area contributed by atoms with E-state index in [0.29, 0.717) is 22.9 Å². The van der Waals surface area contributed by atoms with Gasteiger partial charge in [0.15, 0.2) is 0 Å². The molecule has 0 bridgehead atoms. The zero-order chi connectivity index (χ0) is 18.7. The molecule has 0 radical (unpaired) electrons. The topological polar surface area (TPSA) is 93.6 Å². The number of methoxy groups -OCH3 is 1. The van der Waals surface area contributed by atoms with E-state index in [9.17, 15) is 4.79 Å². The maximum Gasteiger partial charge on any atom is 0.253 e. The lowest BCUT2D eigenvalue weighted by Gasteiger charge is -2.22. The first kappa shape index (κ1) is 17.6. The van der Waals surface area contributed by atoms with Crippen LogP contribution in [0.1, 0.15) is 19.4 Å². The van der Waals surface area contributed by atoms with Gasteiger partial charge in [0.05, 0.1) is 23.4 Å². The van der Waals surface area contributed by atoms with Crippen molar-refractivity contribution in [1.29, 1.82) is 0 Å². The molecule has 0 aliphatic rings. The second-order valence-corrected chi connectivity index (χ2v) is 6.25. The first-order valence-corrected chi connectivity index (χ1v) is 7.97. The van der Waals surface area contributed by atoms with Crippen molar-refractivity contribution in [2.75, 3.05) is 7.11 Å². The number of pyridine rings is 2. The van der Waals surface area contributed by atoms with E-state index < -0.39 is 11.3 Å². The van der Waals surface area contributed by atoms with Gasteiger partial charge in [-0.15, -0.1) is 0 Å². The lowest BCUT2D eigenvalue weighted by molar-refractivity contribution is -0.134. The van der Waals surface area contributed by atoms with Gasteiger partial charge in [-0.05, 0) is 37.6 Å². The molecule has 0 aliphatic heterocycles. The summed E-state index contributed by atoms with van der Waals surface area (Å²) in [6.45, 7) is 3.45. The first-order valence-electron chi connectivity index (χ1n) is 7.97. The molecule has 3 rings (SSSR count). The Balaban J connectivity index is 1.88. The lowest BCUT2D eigenvalue weighted by Crippen LogP contribution is -2.38. The highest BCUT2D eigenvalue weighted by Gasteiger charge is 2.29. The van der Waals surface area contributed by atoms with E-state index in [2.05, 4.69) is 9.97 Å². The number of nitrogens with zero attached hydrogens (tertiary/aromatic N) is 2. The van der Waals surface area contributed by atoms with E-state index in [1.165, 1.54) is 0 Å². The summed E-state index contributed by atoms with van der Waals surface area (Å²) in [4.78, 5) is 20.3. The number of hydrogen-bond acceptors (Lipinski definition) is 6. The molecule has 1 aromatic carbocycles. The largest absolute Gasteiger partial charge is 0.481 e. The van der Waals surface area contributed by atoms with Crippen LogP contribution >= 0.6 is 0 Å². The van der Waals surface area contributed by atoms with Crippen LogP contribution in [0.15, 0.2) is 48.8 Å². The van der Waals surface area contributed by atoms with E-state index >= 15 is 0 Å². The van der Waals surface area contributed by atoms with Gasteiger partial charge in [0.25, 0.3) is 5.91 Å². The van der Waals surface area contributed by atoms with E-state index in [0.717, 1.165) is 10.9 Å². The molecule has 7 nitrogen and oxygen atoms in total. The van der Waals surface area contributed by atoms with Gasteiger partial charge in [0.2, 0.25) is 5.88 Å². The molecule has 26 heavy (non-hydrogen) atoms. The molecule has 0 unspecified atom stereocenters. The number of carbonyl (C=O) groups is 1. The van der Waals surface area contributed by atoms with Crippen LogP contribution in [0.5, 0.6) is 17.4 Å². The van der Waals surface area contributed by atoms with Crippen LogP contribution < -0.4 is 15.0 Å². The summed E-state index contributed by atoms with van der Waals surface area (Å²) >= 11 is 0. The number of ether oxygens (including phenoxy) is 2. The zero-order valence-electron chi connectivity index (χ0n) is 14.7. The number of carbonyl (C=O) groups excluding carboxylic acids is 1. The minimum absolute atomic E-state index is 0.480. The van der Waals surface area contributed by atoms with E-state index in [-0.39, 0.29) is 0 Å². The van der Waals surface area contributed by atoms with Crippen molar-refractivity contribution in [1.82, 2.24) is 15.4 Å². The summed E-state index contributed by atoms with van der Waals surface area (Å²) in [5.41, 5.74) is 2.30. The third-order valence-electron chi connectivity index (χ3n) is 4.24. The van der Waals surface area contributed by atoms with Crippen molar-refractivity contribution < 1.29 is 19.5 Å². The van der Waals surface area contributed by atoms with Gasteiger partial charge < -0.3 is 9.47 Å². The maximum absolute atomic E-state index is 11.8. The smallest absolute Gasteiger partial charge is 0.253 e. The van der Waals surface area contributed by atoms with E-state index in [4.69, 9.17) is 14.7 Å². The summed E-state index contributed by atoms with van der Waals surface area (Å²) in [5, 5.41) is 9.64. The van der Waals surface area contributed by atoms with Crippen molar-refractivity contribution in [2.45, 2.75) is 19.3 Å². The third kappa shape index (κ3) is 3.29. The molecule has 0 aliphatic carbocycles. The minimum Gasteiger partial charge on any atom is -0.481 e. The summed E-state index contributed by atoms with van der Waals surface area (Å²) in [6, 6.07) is 10.6. The van der Waals surface area contributed by atoms with Gasteiger partial charge in [0, 0.05) is 18.5 Å². The van der Waals surface area contributed by atoms with Gasteiger partial charge in [-0.25, -0.2) is 10.5 Å². The Morgan fingerprint density at radius 2 is 1.88 bits per heavy atom. The molecule has 0 saturated carbocycles. The predicted molar refractivity (Wildman–Crippen MR) is 95.6 cm³/mol. The summed E-state index contributed by atoms with van der Waals surface area (Å²) < 4.78 is 11.1. The number of hydrogen-bond donors (Lipinski definition) is 2. The Bertz CT molecular complexity index is 939. The lowest BCUT2D eigenvalue weighted by atomic mass is 9.84. The molecule has 2 heterocycles. The van der Waals surface area contributed by atoms with Crippen molar-refractivity contribution in [3.05, 3.63) is 54.4 Å². The Hall–Kier alpha value is -3.19. The highest BCUT2D eigenvalue weighted by Crippen LogP contribution is 2.31. The number of fused-ring (bicyclic) bond motifs is 1. The van der Waals surface area contributed by atoms with Gasteiger partial charge in [-0.3, -0.25) is 15.0 Å². The molecule has 7 heteroatoms. The van der Waals surface area contributed by atoms with Gasteiger partial charge >= 0.3 is 0 Å². The number of hydroxylamine groups is 1. The SMILES string of the molecule is COc1cc2nccc(Oc3ccc(C(C)(C)C(=O)NO)cc3)c2cn1. The number of nitrogens with one attached hydrogen (secondary N) is 1. The fourth-order valence-corrected chi connectivity index (χ4v) is 2.54. The molecule has 1 amide bonds. The van der Waals surface area contributed by atoms with Gasteiger partial charge in [-0.2, -0.15) is 0 Å². The van der Waals surface area contributed by atoms with Gasteiger partial charge in [-0.1, -0.05) is 12.1 Å².